The number of halogens is 1. The molecule has 3 aromatic rings. The first-order valence-electron chi connectivity index (χ1n) is 17.4. The quantitative estimate of drug-likeness (QED) is 0.360. The first-order valence-corrected chi connectivity index (χ1v) is 19.6. The zero-order valence-electron chi connectivity index (χ0n) is 29.7. The van der Waals surface area contributed by atoms with Crippen molar-refractivity contribution < 1.29 is 27.4 Å². The lowest BCUT2D eigenvalue weighted by Crippen LogP contribution is -2.54. The Hall–Kier alpha value is -4.21. The van der Waals surface area contributed by atoms with Gasteiger partial charge in [0.15, 0.2) is 5.82 Å². The number of nitrogens with one attached hydrogen (secondary N) is 2. The molecule has 16 heteroatoms. The van der Waals surface area contributed by atoms with Crippen molar-refractivity contribution in [2.75, 3.05) is 92.7 Å². The van der Waals surface area contributed by atoms with Gasteiger partial charge in [0, 0.05) is 77.5 Å². The maximum atomic E-state index is 12.6. The van der Waals surface area contributed by atoms with E-state index in [-0.39, 0.29) is 22.7 Å². The lowest BCUT2D eigenvalue weighted by Gasteiger charge is -2.43. The number of ether oxygens (including phenoxy) is 3. The molecule has 14 nitrogen and oxygen atoms in total. The number of methoxy groups -OCH3 is 1. The monoisotopic (exact) mass is 742 g/mol. The van der Waals surface area contributed by atoms with Gasteiger partial charge in [0.1, 0.15) is 22.3 Å². The summed E-state index contributed by atoms with van der Waals surface area (Å²) in [5, 5.41) is 6.73. The van der Waals surface area contributed by atoms with Crippen LogP contribution in [0.5, 0.6) is 17.2 Å². The van der Waals surface area contributed by atoms with Gasteiger partial charge >= 0.3 is 0 Å². The number of amides is 1. The van der Waals surface area contributed by atoms with E-state index in [1.807, 2.05) is 17.0 Å². The van der Waals surface area contributed by atoms with Crippen LogP contribution in [0.2, 0.25) is 5.02 Å². The molecule has 0 radical (unpaired) electrons. The summed E-state index contributed by atoms with van der Waals surface area (Å²) in [7, 11) is -0.481. The van der Waals surface area contributed by atoms with Gasteiger partial charge in [-0.2, -0.15) is 4.98 Å². The molecule has 6 bridgehead atoms. The highest BCUT2D eigenvalue weighted by atomic mass is 35.5. The lowest BCUT2D eigenvalue weighted by molar-refractivity contribution is -0.130. The number of piperazine rings is 1. The van der Waals surface area contributed by atoms with E-state index in [0.29, 0.717) is 47.8 Å². The molecule has 0 spiro atoms. The fourth-order valence-electron chi connectivity index (χ4n) is 6.71. The van der Waals surface area contributed by atoms with Gasteiger partial charge in [-0.05, 0) is 44.2 Å². The summed E-state index contributed by atoms with van der Waals surface area (Å²) < 4.78 is 44.7. The standard InChI is InChI=1S/C35H47ClN8O6S/c1-24(45)42-14-16-43(17-15-42)25-10-12-44(13-11-25)31-22-32(48-3)29-21-33(31)50-19-7-5-6-18-49-26-8-9-28(30(20-26)41(2)51(4,46)47)38-34-27(36)23-37-35(39-29)40-34/h8-9,20-23,25H,5-7,10-19H2,1-4H3,(H2,37,38,39,40). The second-order valence-corrected chi connectivity index (χ2v) is 15.5. The van der Waals surface area contributed by atoms with Crippen LogP contribution < -0.4 is 34.0 Å². The summed E-state index contributed by atoms with van der Waals surface area (Å²) in [6.07, 6.45) is 7.14. The molecule has 7 rings (SSSR count). The molecule has 2 fully saturated rings. The number of anilines is 6. The minimum Gasteiger partial charge on any atom is -0.494 e. The zero-order chi connectivity index (χ0) is 36.1. The molecule has 4 aliphatic heterocycles. The molecule has 51 heavy (non-hydrogen) atoms. The van der Waals surface area contributed by atoms with Crippen molar-refractivity contribution in [3.05, 3.63) is 41.6 Å². The minimum atomic E-state index is -3.59. The highest BCUT2D eigenvalue weighted by Crippen LogP contribution is 2.42. The van der Waals surface area contributed by atoms with Gasteiger partial charge in [-0.3, -0.25) is 14.0 Å². The van der Waals surface area contributed by atoms with Gasteiger partial charge in [-0.15, -0.1) is 0 Å². The van der Waals surface area contributed by atoms with Crippen LogP contribution in [0, 0.1) is 0 Å². The molecular formula is C35H47ClN8O6S. The Balaban J connectivity index is 1.27. The van der Waals surface area contributed by atoms with Crippen LogP contribution >= 0.6 is 11.6 Å². The second-order valence-electron chi connectivity index (χ2n) is 13.1. The Morgan fingerprint density at radius 3 is 2.39 bits per heavy atom. The SMILES string of the molecule is COc1cc(N2CCC(N3CCN(C(C)=O)CC3)CC2)c2cc1Nc1ncc(Cl)c(n1)Nc1ccc(cc1N(C)S(C)(=O)=O)OCCCCCO2. The minimum absolute atomic E-state index is 0.148. The number of carbonyl (C=O) groups is 1. The molecule has 0 atom stereocenters. The molecular weight excluding hydrogens is 696 g/mol. The van der Waals surface area contributed by atoms with Gasteiger partial charge < -0.3 is 34.6 Å². The highest BCUT2D eigenvalue weighted by molar-refractivity contribution is 7.92. The number of benzene rings is 2. The van der Waals surface area contributed by atoms with Crippen molar-refractivity contribution >= 4 is 62.0 Å². The number of hydrogen-bond donors (Lipinski definition) is 2. The number of sulfonamides is 1. The zero-order valence-corrected chi connectivity index (χ0v) is 31.2. The number of aromatic nitrogens is 2. The number of nitrogens with zero attached hydrogens (tertiary/aromatic N) is 6. The van der Waals surface area contributed by atoms with E-state index in [9.17, 15) is 13.2 Å². The Morgan fingerprint density at radius 1 is 0.980 bits per heavy atom. The average Bonchev–Trinajstić information content (AvgIpc) is 3.12. The smallest absolute Gasteiger partial charge is 0.232 e. The Labute approximate surface area is 305 Å². The van der Waals surface area contributed by atoms with E-state index in [1.54, 1.807) is 32.2 Å². The number of carbonyl (C=O) groups excluding carboxylic acids is 1. The molecule has 0 aliphatic carbocycles. The maximum Gasteiger partial charge on any atom is 0.232 e. The molecule has 5 heterocycles. The second kappa shape index (κ2) is 16.0. The number of fused-ring (bicyclic) bond motifs is 8. The normalized spacial score (nSPS) is 17.9. The fourth-order valence-corrected chi connectivity index (χ4v) is 7.36. The number of rotatable bonds is 5. The third-order valence-corrected chi connectivity index (χ3v) is 11.2. The van der Waals surface area contributed by atoms with Crippen molar-refractivity contribution in [3.63, 3.8) is 0 Å². The Kier molecular flexibility index (Phi) is 11.5. The summed E-state index contributed by atoms with van der Waals surface area (Å²) >= 11 is 6.55. The highest BCUT2D eigenvalue weighted by Gasteiger charge is 2.30. The van der Waals surface area contributed by atoms with Crippen molar-refractivity contribution in [1.29, 1.82) is 0 Å². The van der Waals surface area contributed by atoms with Gasteiger partial charge in [0.25, 0.3) is 0 Å². The van der Waals surface area contributed by atoms with Crippen LogP contribution in [0.15, 0.2) is 36.5 Å². The van der Waals surface area contributed by atoms with Crippen molar-refractivity contribution in [2.45, 2.75) is 45.1 Å². The molecule has 0 unspecified atom stereocenters. The van der Waals surface area contributed by atoms with Crippen molar-refractivity contribution in [3.8, 4) is 17.2 Å². The van der Waals surface area contributed by atoms with E-state index in [1.165, 1.54) is 17.5 Å². The number of piperidine rings is 1. The average molecular weight is 743 g/mol. The van der Waals surface area contributed by atoms with Gasteiger partial charge in [-0.1, -0.05) is 11.6 Å². The van der Waals surface area contributed by atoms with E-state index >= 15 is 0 Å². The van der Waals surface area contributed by atoms with E-state index in [0.717, 1.165) is 89.1 Å². The molecule has 2 saturated heterocycles. The van der Waals surface area contributed by atoms with Crippen molar-refractivity contribution in [2.24, 2.45) is 0 Å². The molecule has 2 aromatic carbocycles. The van der Waals surface area contributed by atoms with E-state index in [4.69, 9.17) is 25.8 Å². The topological polar surface area (TPSA) is 142 Å². The lowest BCUT2D eigenvalue weighted by atomic mass is 10.0. The molecule has 1 amide bonds. The first kappa shape index (κ1) is 36.6. The number of hydrogen-bond acceptors (Lipinski definition) is 12. The van der Waals surface area contributed by atoms with E-state index < -0.39 is 10.0 Å². The molecule has 0 saturated carbocycles. The van der Waals surface area contributed by atoms with Gasteiger partial charge in [0.05, 0.1) is 55.5 Å². The van der Waals surface area contributed by atoms with Crippen LogP contribution in [-0.2, 0) is 14.8 Å². The summed E-state index contributed by atoms with van der Waals surface area (Å²) in [5.41, 5.74) is 2.44. The van der Waals surface area contributed by atoms with Gasteiger partial charge in [0.2, 0.25) is 21.9 Å². The molecule has 1 aromatic heterocycles. The predicted molar refractivity (Wildman–Crippen MR) is 200 cm³/mol. The summed E-state index contributed by atoms with van der Waals surface area (Å²) in [5.74, 6) is 2.56. The van der Waals surface area contributed by atoms with Crippen LogP contribution in [0.4, 0.5) is 34.5 Å². The fraction of sp³-hybridized carbons (Fsp3) is 0.514. The van der Waals surface area contributed by atoms with Crippen LogP contribution in [0.1, 0.15) is 39.0 Å². The molecule has 2 N–H and O–H groups in total. The van der Waals surface area contributed by atoms with Crippen LogP contribution in [0.25, 0.3) is 0 Å². The summed E-state index contributed by atoms with van der Waals surface area (Å²) in [6.45, 7) is 7.75. The van der Waals surface area contributed by atoms with Crippen LogP contribution in [-0.4, -0.2) is 113 Å². The van der Waals surface area contributed by atoms with E-state index in [2.05, 4.69) is 30.4 Å². The first-order chi connectivity index (χ1) is 24.5. The van der Waals surface area contributed by atoms with Crippen LogP contribution in [0.3, 0.4) is 0 Å². The van der Waals surface area contributed by atoms with Crippen molar-refractivity contribution in [1.82, 2.24) is 19.8 Å². The largest absolute Gasteiger partial charge is 0.494 e. The summed E-state index contributed by atoms with van der Waals surface area (Å²) in [6, 6.07) is 9.62. The Bertz CT molecular complexity index is 1820. The third kappa shape index (κ3) is 8.82. The van der Waals surface area contributed by atoms with Gasteiger partial charge in [-0.25, -0.2) is 13.4 Å². The summed E-state index contributed by atoms with van der Waals surface area (Å²) in [4.78, 5) is 27.7. The third-order valence-electron chi connectivity index (χ3n) is 9.73. The maximum absolute atomic E-state index is 12.6. The Morgan fingerprint density at radius 2 is 1.71 bits per heavy atom. The molecule has 4 aliphatic rings. The predicted octanol–water partition coefficient (Wildman–Crippen LogP) is 5.10. The molecule has 276 valence electrons.